The van der Waals surface area contributed by atoms with Gasteiger partial charge >= 0.3 is 5.97 Å². The van der Waals surface area contributed by atoms with E-state index in [-0.39, 0.29) is 24.4 Å². The maximum atomic E-state index is 11.5. The number of aliphatic hydroxyl groups excluding tert-OH is 2. The number of ketones is 1. The van der Waals surface area contributed by atoms with Crippen LogP contribution >= 0.6 is 0 Å². The molecule has 92 valence electrons. The van der Waals surface area contributed by atoms with Crippen LogP contribution in [0.25, 0.3) is 0 Å². The molecule has 1 rings (SSSR count). The highest BCUT2D eigenvalue weighted by Crippen LogP contribution is 2.19. The summed E-state index contributed by atoms with van der Waals surface area (Å²) in [5.74, 6) is -1.56. The molecule has 0 radical (unpaired) electrons. The SMILES string of the molecule is CCC(=O)c1cc(CO)cc(C(O)C(=O)O)c1. The van der Waals surface area contributed by atoms with Gasteiger partial charge in [0.1, 0.15) is 0 Å². The van der Waals surface area contributed by atoms with E-state index in [0.29, 0.717) is 11.1 Å². The third kappa shape index (κ3) is 3.12. The van der Waals surface area contributed by atoms with Crippen LogP contribution < -0.4 is 0 Å². The highest BCUT2D eigenvalue weighted by Gasteiger charge is 2.18. The molecule has 3 N–H and O–H groups in total. The fourth-order valence-electron chi connectivity index (χ4n) is 1.48. The number of Topliss-reactive ketones (excluding diaryl/α,β-unsaturated/α-hetero) is 1. The van der Waals surface area contributed by atoms with E-state index in [1.54, 1.807) is 6.92 Å². The van der Waals surface area contributed by atoms with Crippen LogP contribution in [0.2, 0.25) is 0 Å². The Hall–Kier alpha value is -1.72. The predicted molar refractivity (Wildman–Crippen MR) is 59.6 cm³/mol. The molecule has 0 saturated carbocycles. The van der Waals surface area contributed by atoms with Crippen molar-refractivity contribution in [3.8, 4) is 0 Å². The lowest BCUT2D eigenvalue weighted by atomic mass is 9.99. The third-order valence-corrected chi connectivity index (χ3v) is 2.39. The summed E-state index contributed by atoms with van der Waals surface area (Å²) in [5.41, 5.74) is 0.801. The van der Waals surface area contributed by atoms with Crippen LogP contribution in [0.4, 0.5) is 0 Å². The number of hydrogen-bond donors (Lipinski definition) is 3. The van der Waals surface area contributed by atoms with Gasteiger partial charge in [-0.25, -0.2) is 4.79 Å². The number of benzene rings is 1. The quantitative estimate of drug-likeness (QED) is 0.662. The van der Waals surface area contributed by atoms with Gasteiger partial charge in [-0.05, 0) is 23.3 Å². The zero-order valence-electron chi connectivity index (χ0n) is 9.38. The minimum Gasteiger partial charge on any atom is -0.479 e. The lowest BCUT2D eigenvalue weighted by molar-refractivity contribution is -0.146. The van der Waals surface area contributed by atoms with Crippen molar-refractivity contribution in [1.82, 2.24) is 0 Å². The molecular weight excluding hydrogens is 224 g/mol. The van der Waals surface area contributed by atoms with E-state index in [1.807, 2.05) is 0 Å². The normalized spacial score (nSPS) is 12.2. The van der Waals surface area contributed by atoms with Crippen molar-refractivity contribution >= 4 is 11.8 Å². The number of rotatable bonds is 5. The minimum absolute atomic E-state index is 0.0980. The largest absolute Gasteiger partial charge is 0.479 e. The minimum atomic E-state index is -1.69. The van der Waals surface area contributed by atoms with Crippen molar-refractivity contribution < 1.29 is 24.9 Å². The average Bonchev–Trinajstić information content (AvgIpc) is 2.35. The molecule has 0 aromatic heterocycles. The number of aliphatic carboxylic acids is 1. The van der Waals surface area contributed by atoms with Gasteiger partial charge in [-0.2, -0.15) is 0 Å². The molecule has 0 aliphatic rings. The van der Waals surface area contributed by atoms with Gasteiger partial charge in [-0.1, -0.05) is 13.0 Å². The first kappa shape index (κ1) is 13.3. The van der Waals surface area contributed by atoms with E-state index in [1.165, 1.54) is 18.2 Å². The van der Waals surface area contributed by atoms with Gasteiger partial charge in [0.15, 0.2) is 11.9 Å². The molecule has 17 heavy (non-hydrogen) atoms. The molecule has 1 aromatic carbocycles. The molecule has 0 heterocycles. The second-order valence-corrected chi connectivity index (χ2v) is 3.64. The maximum absolute atomic E-state index is 11.5. The Bertz CT molecular complexity index is 439. The van der Waals surface area contributed by atoms with E-state index in [4.69, 9.17) is 10.2 Å². The molecule has 0 aliphatic heterocycles. The molecule has 0 amide bonds. The summed E-state index contributed by atoms with van der Waals surface area (Å²) >= 11 is 0. The summed E-state index contributed by atoms with van der Waals surface area (Å²) < 4.78 is 0. The molecule has 0 spiro atoms. The maximum Gasteiger partial charge on any atom is 0.337 e. The Labute approximate surface area is 98.3 Å². The second kappa shape index (κ2) is 5.56. The summed E-state index contributed by atoms with van der Waals surface area (Å²) in [6.45, 7) is 1.37. The number of aliphatic hydroxyl groups is 2. The number of carbonyl (C=O) groups excluding carboxylic acids is 1. The van der Waals surface area contributed by atoms with E-state index >= 15 is 0 Å². The number of carboxylic acids is 1. The first-order chi connectivity index (χ1) is 7.99. The Balaban J connectivity index is 3.22. The zero-order valence-corrected chi connectivity index (χ0v) is 9.38. The van der Waals surface area contributed by atoms with Crippen molar-refractivity contribution in [3.63, 3.8) is 0 Å². The van der Waals surface area contributed by atoms with Crippen LogP contribution in [0, 0.1) is 0 Å². The molecule has 0 aliphatic carbocycles. The Morgan fingerprint density at radius 3 is 2.41 bits per heavy atom. The van der Waals surface area contributed by atoms with E-state index in [9.17, 15) is 14.7 Å². The van der Waals surface area contributed by atoms with Crippen molar-refractivity contribution in [3.05, 3.63) is 34.9 Å². The highest BCUT2D eigenvalue weighted by atomic mass is 16.4. The van der Waals surface area contributed by atoms with Crippen LogP contribution in [-0.4, -0.2) is 27.1 Å². The summed E-state index contributed by atoms with van der Waals surface area (Å²) in [6.07, 6.45) is -1.41. The highest BCUT2D eigenvalue weighted by molar-refractivity contribution is 5.96. The van der Waals surface area contributed by atoms with Crippen LogP contribution in [-0.2, 0) is 11.4 Å². The standard InChI is InChI=1S/C12H14O5/c1-2-10(14)8-3-7(6-13)4-9(5-8)11(15)12(16)17/h3-5,11,13,15H,2,6H2,1H3,(H,16,17). The summed E-state index contributed by atoms with van der Waals surface area (Å²) in [5, 5.41) is 27.1. The first-order valence-electron chi connectivity index (χ1n) is 5.18. The van der Waals surface area contributed by atoms with Crippen LogP contribution in [0.1, 0.15) is 40.9 Å². The fourth-order valence-corrected chi connectivity index (χ4v) is 1.48. The predicted octanol–water partition coefficient (Wildman–Crippen LogP) is 0.890. The average molecular weight is 238 g/mol. The second-order valence-electron chi connectivity index (χ2n) is 3.64. The van der Waals surface area contributed by atoms with Crippen LogP contribution in [0.5, 0.6) is 0 Å². The fraction of sp³-hybridized carbons (Fsp3) is 0.333. The summed E-state index contributed by atoms with van der Waals surface area (Å²) in [4.78, 5) is 22.2. The van der Waals surface area contributed by atoms with Gasteiger partial charge in [-0.15, -0.1) is 0 Å². The third-order valence-electron chi connectivity index (χ3n) is 2.39. The Morgan fingerprint density at radius 1 is 1.29 bits per heavy atom. The van der Waals surface area contributed by atoms with E-state index in [0.717, 1.165) is 0 Å². The molecule has 0 fully saturated rings. The molecule has 5 heteroatoms. The topological polar surface area (TPSA) is 94.8 Å². The molecule has 5 nitrogen and oxygen atoms in total. The molecule has 1 aromatic rings. The van der Waals surface area contributed by atoms with Crippen molar-refractivity contribution in [1.29, 1.82) is 0 Å². The molecule has 1 atom stereocenters. The summed E-state index contributed by atoms with van der Waals surface area (Å²) in [6, 6.07) is 4.19. The molecule has 0 bridgehead atoms. The first-order valence-corrected chi connectivity index (χ1v) is 5.18. The van der Waals surface area contributed by atoms with Gasteiger partial charge in [0.2, 0.25) is 0 Å². The lowest BCUT2D eigenvalue weighted by Gasteiger charge is -2.10. The van der Waals surface area contributed by atoms with Crippen LogP contribution in [0.3, 0.4) is 0 Å². The van der Waals surface area contributed by atoms with Crippen molar-refractivity contribution in [2.45, 2.75) is 26.1 Å². The van der Waals surface area contributed by atoms with Gasteiger partial charge in [0, 0.05) is 12.0 Å². The van der Waals surface area contributed by atoms with Gasteiger partial charge < -0.3 is 15.3 Å². The van der Waals surface area contributed by atoms with Gasteiger partial charge in [0.25, 0.3) is 0 Å². The van der Waals surface area contributed by atoms with Crippen molar-refractivity contribution in [2.75, 3.05) is 0 Å². The number of carbonyl (C=O) groups is 2. The summed E-state index contributed by atoms with van der Waals surface area (Å²) in [7, 11) is 0. The van der Waals surface area contributed by atoms with E-state index in [2.05, 4.69) is 0 Å². The Morgan fingerprint density at radius 2 is 1.94 bits per heavy atom. The number of carboxylic acid groups (broad SMARTS) is 1. The smallest absolute Gasteiger partial charge is 0.337 e. The molecular formula is C12H14O5. The van der Waals surface area contributed by atoms with Gasteiger partial charge in [-0.3, -0.25) is 4.79 Å². The molecule has 0 saturated heterocycles. The zero-order chi connectivity index (χ0) is 13.0. The monoisotopic (exact) mass is 238 g/mol. The lowest BCUT2D eigenvalue weighted by Crippen LogP contribution is -2.12. The number of hydrogen-bond acceptors (Lipinski definition) is 4. The Kier molecular flexibility index (Phi) is 4.37. The van der Waals surface area contributed by atoms with Crippen LogP contribution in [0.15, 0.2) is 18.2 Å². The van der Waals surface area contributed by atoms with Crippen molar-refractivity contribution in [2.24, 2.45) is 0 Å². The molecule has 1 unspecified atom stereocenters. The van der Waals surface area contributed by atoms with Gasteiger partial charge in [0.05, 0.1) is 6.61 Å². The van der Waals surface area contributed by atoms with E-state index < -0.39 is 12.1 Å².